The van der Waals surface area contributed by atoms with Gasteiger partial charge in [-0.15, -0.1) is 0 Å². The Morgan fingerprint density at radius 2 is 1.75 bits per heavy atom. The van der Waals surface area contributed by atoms with E-state index in [1.54, 1.807) is 30.3 Å². The van der Waals surface area contributed by atoms with Crippen LogP contribution in [0.1, 0.15) is 32.1 Å². The summed E-state index contributed by atoms with van der Waals surface area (Å²) in [7, 11) is -2.02. The Morgan fingerprint density at radius 1 is 1.10 bits per heavy atom. The highest BCUT2D eigenvalue weighted by Crippen LogP contribution is 2.08. The Hall–Kier alpha value is -1.40. The SMILES string of the molecule is COC(=O)CCCCCCNS(=O)(=O)c1ccccc1. The third kappa shape index (κ3) is 6.16. The highest BCUT2D eigenvalue weighted by Gasteiger charge is 2.11. The topological polar surface area (TPSA) is 72.5 Å². The first-order chi connectivity index (χ1) is 9.56. The molecule has 0 unspecified atom stereocenters. The molecule has 0 bridgehead atoms. The van der Waals surface area contributed by atoms with Crippen molar-refractivity contribution in [2.75, 3.05) is 13.7 Å². The number of hydrogen-bond donors (Lipinski definition) is 1. The molecule has 0 saturated carbocycles. The quantitative estimate of drug-likeness (QED) is 0.560. The van der Waals surface area contributed by atoms with E-state index in [2.05, 4.69) is 9.46 Å². The number of methoxy groups -OCH3 is 1. The highest BCUT2D eigenvalue weighted by molar-refractivity contribution is 7.89. The van der Waals surface area contributed by atoms with E-state index in [-0.39, 0.29) is 10.9 Å². The zero-order chi connectivity index (χ0) is 14.8. The molecule has 0 aliphatic rings. The summed E-state index contributed by atoms with van der Waals surface area (Å²) in [4.78, 5) is 11.2. The summed E-state index contributed by atoms with van der Waals surface area (Å²) < 4.78 is 30.9. The van der Waals surface area contributed by atoms with Gasteiger partial charge in [0.15, 0.2) is 0 Å². The van der Waals surface area contributed by atoms with Crippen molar-refractivity contribution in [2.24, 2.45) is 0 Å². The van der Waals surface area contributed by atoms with E-state index in [0.717, 1.165) is 25.7 Å². The van der Waals surface area contributed by atoms with Crippen LogP contribution in [-0.2, 0) is 19.6 Å². The standard InChI is InChI=1S/C14H21NO4S/c1-19-14(16)11-7-2-3-8-12-15-20(17,18)13-9-5-4-6-10-13/h4-6,9-10,15H,2-3,7-8,11-12H2,1H3. The monoisotopic (exact) mass is 299 g/mol. The molecule has 0 aliphatic carbocycles. The second-order valence-electron chi connectivity index (χ2n) is 4.45. The Bertz CT molecular complexity index is 499. The Kier molecular flexibility index (Phi) is 7.25. The lowest BCUT2D eigenvalue weighted by atomic mass is 10.1. The number of hydrogen-bond acceptors (Lipinski definition) is 4. The number of rotatable bonds is 9. The van der Waals surface area contributed by atoms with Gasteiger partial charge in [-0.05, 0) is 25.0 Å². The fourth-order valence-electron chi connectivity index (χ4n) is 1.74. The number of nitrogens with one attached hydrogen (secondary N) is 1. The molecule has 112 valence electrons. The normalized spacial score (nSPS) is 11.2. The zero-order valence-corrected chi connectivity index (χ0v) is 12.5. The molecule has 0 heterocycles. The number of unbranched alkanes of at least 4 members (excludes halogenated alkanes) is 3. The van der Waals surface area contributed by atoms with Gasteiger partial charge in [0.05, 0.1) is 12.0 Å². The van der Waals surface area contributed by atoms with Gasteiger partial charge in [0.2, 0.25) is 10.0 Å². The van der Waals surface area contributed by atoms with Crippen LogP contribution in [0.3, 0.4) is 0 Å². The summed E-state index contributed by atoms with van der Waals surface area (Å²) in [6.45, 7) is 0.412. The summed E-state index contributed by atoms with van der Waals surface area (Å²) in [6.07, 6.45) is 3.73. The van der Waals surface area contributed by atoms with Gasteiger partial charge >= 0.3 is 5.97 Å². The maximum absolute atomic E-state index is 11.9. The van der Waals surface area contributed by atoms with Crippen molar-refractivity contribution in [3.8, 4) is 0 Å². The van der Waals surface area contributed by atoms with E-state index in [1.807, 2.05) is 0 Å². The second-order valence-corrected chi connectivity index (χ2v) is 6.22. The summed E-state index contributed by atoms with van der Waals surface area (Å²) in [5.74, 6) is -0.199. The van der Waals surface area contributed by atoms with Gasteiger partial charge in [-0.3, -0.25) is 4.79 Å². The molecule has 0 aliphatic heterocycles. The van der Waals surface area contributed by atoms with Crippen molar-refractivity contribution in [1.82, 2.24) is 4.72 Å². The van der Waals surface area contributed by atoms with Gasteiger partial charge in [-0.1, -0.05) is 31.0 Å². The Morgan fingerprint density at radius 3 is 2.40 bits per heavy atom. The number of esters is 1. The predicted octanol–water partition coefficient (Wildman–Crippen LogP) is 2.09. The summed E-state index contributed by atoms with van der Waals surface area (Å²) in [6, 6.07) is 8.31. The molecular weight excluding hydrogens is 278 g/mol. The number of carbonyl (C=O) groups excluding carboxylic acids is 1. The van der Waals surface area contributed by atoms with Gasteiger partial charge in [-0.25, -0.2) is 13.1 Å². The molecule has 1 aromatic carbocycles. The van der Waals surface area contributed by atoms with Gasteiger partial charge in [0, 0.05) is 13.0 Å². The molecule has 0 fully saturated rings. The summed E-state index contributed by atoms with van der Waals surface area (Å²) >= 11 is 0. The van der Waals surface area contributed by atoms with Crippen molar-refractivity contribution in [3.05, 3.63) is 30.3 Å². The second kappa shape index (κ2) is 8.71. The van der Waals surface area contributed by atoms with E-state index in [1.165, 1.54) is 7.11 Å². The van der Waals surface area contributed by atoms with Crippen LogP contribution in [0.25, 0.3) is 0 Å². The molecule has 1 rings (SSSR count). The predicted molar refractivity (Wildman–Crippen MR) is 76.7 cm³/mol. The molecule has 0 saturated heterocycles. The summed E-state index contributed by atoms with van der Waals surface area (Å²) in [5, 5.41) is 0. The average molecular weight is 299 g/mol. The van der Waals surface area contributed by atoms with Crippen LogP contribution in [-0.4, -0.2) is 28.0 Å². The summed E-state index contributed by atoms with van der Waals surface area (Å²) in [5.41, 5.74) is 0. The van der Waals surface area contributed by atoms with Gasteiger partial charge < -0.3 is 4.74 Å². The molecule has 0 amide bonds. The minimum absolute atomic E-state index is 0.199. The van der Waals surface area contributed by atoms with E-state index in [4.69, 9.17) is 0 Å². The fraction of sp³-hybridized carbons (Fsp3) is 0.500. The van der Waals surface area contributed by atoms with Crippen molar-refractivity contribution in [1.29, 1.82) is 0 Å². The number of benzene rings is 1. The molecule has 0 spiro atoms. The molecule has 0 atom stereocenters. The maximum atomic E-state index is 11.9. The van der Waals surface area contributed by atoms with Crippen LogP contribution >= 0.6 is 0 Å². The third-order valence-corrected chi connectivity index (χ3v) is 4.36. The van der Waals surface area contributed by atoms with Crippen LogP contribution < -0.4 is 4.72 Å². The van der Waals surface area contributed by atoms with Crippen LogP contribution in [0.4, 0.5) is 0 Å². The van der Waals surface area contributed by atoms with E-state index >= 15 is 0 Å². The zero-order valence-electron chi connectivity index (χ0n) is 11.7. The van der Waals surface area contributed by atoms with Crippen molar-refractivity contribution < 1.29 is 17.9 Å². The molecular formula is C14H21NO4S. The Labute approximate surface area is 120 Å². The minimum Gasteiger partial charge on any atom is -0.469 e. The molecule has 1 aromatic rings. The van der Waals surface area contributed by atoms with E-state index in [9.17, 15) is 13.2 Å². The van der Waals surface area contributed by atoms with E-state index in [0.29, 0.717) is 13.0 Å². The molecule has 0 radical (unpaired) electrons. The average Bonchev–Trinajstić information content (AvgIpc) is 2.46. The molecule has 20 heavy (non-hydrogen) atoms. The fourth-order valence-corrected chi connectivity index (χ4v) is 2.83. The van der Waals surface area contributed by atoms with Crippen LogP contribution in [0.15, 0.2) is 35.2 Å². The first kappa shape index (κ1) is 16.7. The highest BCUT2D eigenvalue weighted by atomic mass is 32.2. The molecule has 1 N–H and O–H groups in total. The number of ether oxygens (including phenoxy) is 1. The molecule has 6 heteroatoms. The lowest BCUT2D eigenvalue weighted by Crippen LogP contribution is -2.24. The van der Waals surface area contributed by atoms with E-state index < -0.39 is 10.0 Å². The van der Waals surface area contributed by atoms with Crippen LogP contribution in [0.2, 0.25) is 0 Å². The lowest BCUT2D eigenvalue weighted by Gasteiger charge is -2.06. The minimum atomic E-state index is -3.39. The molecule has 0 aromatic heterocycles. The lowest BCUT2D eigenvalue weighted by molar-refractivity contribution is -0.140. The first-order valence-corrected chi connectivity index (χ1v) is 8.16. The third-order valence-electron chi connectivity index (χ3n) is 2.88. The van der Waals surface area contributed by atoms with Gasteiger partial charge in [0.1, 0.15) is 0 Å². The largest absolute Gasteiger partial charge is 0.469 e. The Balaban J connectivity index is 2.17. The van der Waals surface area contributed by atoms with Crippen molar-refractivity contribution >= 4 is 16.0 Å². The van der Waals surface area contributed by atoms with Crippen molar-refractivity contribution in [3.63, 3.8) is 0 Å². The molecule has 5 nitrogen and oxygen atoms in total. The number of sulfonamides is 1. The number of carbonyl (C=O) groups is 1. The smallest absolute Gasteiger partial charge is 0.305 e. The first-order valence-electron chi connectivity index (χ1n) is 6.68. The van der Waals surface area contributed by atoms with Gasteiger partial charge in [0.25, 0.3) is 0 Å². The maximum Gasteiger partial charge on any atom is 0.305 e. The van der Waals surface area contributed by atoms with Crippen LogP contribution in [0.5, 0.6) is 0 Å². The van der Waals surface area contributed by atoms with Crippen molar-refractivity contribution in [2.45, 2.75) is 37.0 Å². The van der Waals surface area contributed by atoms with Gasteiger partial charge in [-0.2, -0.15) is 0 Å². The van der Waals surface area contributed by atoms with Crippen LogP contribution in [0, 0.1) is 0 Å².